The van der Waals surface area contributed by atoms with Crippen molar-refractivity contribution in [2.45, 2.75) is 24.9 Å². The molecule has 1 aromatic heterocycles. The van der Waals surface area contributed by atoms with Crippen molar-refractivity contribution in [1.29, 1.82) is 0 Å². The van der Waals surface area contributed by atoms with Crippen LogP contribution in [0.3, 0.4) is 0 Å². The molecular formula is C12H14N4O. The number of hydrogen-bond acceptors (Lipinski definition) is 5. The van der Waals surface area contributed by atoms with Crippen molar-refractivity contribution in [2.24, 2.45) is 0 Å². The molecular weight excluding hydrogens is 216 g/mol. The van der Waals surface area contributed by atoms with Gasteiger partial charge in [0.15, 0.2) is 0 Å². The molecule has 0 radical (unpaired) electrons. The minimum Gasteiger partial charge on any atom is -0.388 e. The van der Waals surface area contributed by atoms with Gasteiger partial charge in [-0.05, 0) is 31.4 Å². The van der Waals surface area contributed by atoms with Gasteiger partial charge < -0.3 is 10.4 Å². The summed E-state index contributed by atoms with van der Waals surface area (Å²) < 4.78 is 0. The van der Waals surface area contributed by atoms with E-state index in [2.05, 4.69) is 20.5 Å². The van der Waals surface area contributed by atoms with E-state index < -0.39 is 5.60 Å². The van der Waals surface area contributed by atoms with Crippen molar-refractivity contribution >= 4 is 17.0 Å². The highest BCUT2D eigenvalue weighted by Crippen LogP contribution is 2.31. The number of benzene rings is 1. The molecule has 3 rings (SSSR count). The average molecular weight is 230 g/mol. The first-order chi connectivity index (χ1) is 8.25. The molecule has 0 unspecified atom stereocenters. The summed E-state index contributed by atoms with van der Waals surface area (Å²) in [5.74, 6) is 0.476. The standard InChI is InChI=1S/C12H14N4O/c17-12(6-3-7-12)8-13-11-14-9-4-1-2-5-10(9)15-16-11/h1-2,4-5,17H,3,6-8H2,(H,13,14,16). The molecule has 0 saturated heterocycles. The molecule has 1 heterocycles. The number of rotatable bonds is 3. The van der Waals surface area contributed by atoms with Crippen molar-refractivity contribution in [3.8, 4) is 0 Å². The lowest BCUT2D eigenvalue weighted by Gasteiger charge is -2.36. The Balaban J connectivity index is 1.76. The van der Waals surface area contributed by atoms with Crippen LogP contribution >= 0.6 is 0 Å². The van der Waals surface area contributed by atoms with Crippen LogP contribution in [0.15, 0.2) is 24.3 Å². The fourth-order valence-corrected chi connectivity index (χ4v) is 1.96. The third-order valence-corrected chi connectivity index (χ3v) is 3.22. The van der Waals surface area contributed by atoms with E-state index in [0.717, 1.165) is 30.3 Å². The van der Waals surface area contributed by atoms with Crippen molar-refractivity contribution in [3.63, 3.8) is 0 Å². The van der Waals surface area contributed by atoms with Gasteiger partial charge in [-0.2, -0.15) is 0 Å². The molecule has 0 amide bonds. The van der Waals surface area contributed by atoms with Gasteiger partial charge >= 0.3 is 0 Å². The molecule has 0 spiro atoms. The summed E-state index contributed by atoms with van der Waals surface area (Å²) in [4.78, 5) is 4.34. The molecule has 1 aliphatic rings. The Morgan fingerprint density at radius 2 is 1.94 bits per heavy atom. The lowest BCUT2D eigenvalue weighted by atomic mass is 9.80. The van der Waals surface area contributed by atoms with E-state index in [9.17, 15) is 5.11 Å². The first-order valence-corrected chi connectivity index (χ1v) is 5.81. The fraction of sp³-hybridized carbons (Fsp3) is 0.417. The van der Waals surface area contributed by atoms with Crippen molar-refractivity contribution in [3.05, 3.63) is 24.3 Å². The van der Waals surface area contributed by atoms with Gasteiger partial charge in [-0.15, -0.1) is 10.2 Å². The third kappa shape index (κ3) is 2.06. The Morgan fingerprint density at radius 1 is 1.18 bits per heavy atom. The van der Waals surface area contributed by atoms with Gasteiger partial charge in [0.2, 0.25) is 5.95 Å². The molecule has 1 aliphatic carbocycles. The first kappa shape index (κ1) is 10.4. The summed E-state index contributed by atoms with van der Waals surface area (Å²) in [5, 5.41) is 21.0. The Kier molecular flexibility index (Phi) is 2.40. The number of hydrogen-bond donors (Lipinski definition) is 2. The Morgan fingerprint density at radius 3 is 2.65 bits per heavy atom. The van der Waals surface area contributed by atoms with E-state index in [1.54, 1.807) is 0 Å². The number of anilines is 1. The maximum Gasteiger partial charge on any atom is 0.243 e. The minimum atomic E-state index is -0.574. The predicted octanol–water partition coefficient (Wildman–Crippen LogP) is 1.35. The van der Waals surface area contributed by atoms with Crippen LogP contribution in [0.5, 0.6) is 0 Å². The molecule has 5 nitrogen and oxygen atoms in total. The minimum absolute atomic E-state index is 0.476. The molecule has 88 valence electrons. The number of nitrogens with zero attached hydrogens (tertiary/aromatic N) is 3. The normalized spacial score (nSPS) is 17.7. The number of aromatic nitrogens is 3. The largest absolute Gasteiger partial charge is 0.388 e. The fourth-order valence-electron chi connectivity index (χ4n) is 1.96. The van der Waals surface area contributed by atoms with Crippen LogP contribution in [0.1, 0.15) is 19.3 Å². The maximum absolute atomic E-state index is 9.95. The number of fused-ring (bicyclic) bond motifs is 1. The number of aliphatic hydroxyl groups is 1. The summed E-state index contributed by atoms with van der Waals surface area (Å²) in [6.07, 6.45) is 2.79. The van der Waals surface area contributed by atoms with E-state index in [1.807, 2.05) is 24.3 Å². The van der Waals surface area contributed by atoms with Gasteiger partial charge in [0.25, 0.3) is 0 Å². The molecule has 5 heteroatoms. The second-order valence-corrected chi connectivity index (χ2v) is 4.56. The SMILES string of the molecule is OC1(CNc2nnc3ccccc3n2)CCC1. The summed E-state index contributed by atoms with van der Waals surface area (Å²) in [7, 11) is 0. The van der Waals surface area contributed by atoms with Crippen LogP contribution in [0.2, 0.25) is 0 Å². The third-order valence-electron chi connectivity index (χ3n) is 3.22. The summed E-state index contributed by atoms with van der Waals surface area (Å²) >= 11 is 0. The lowest BCUT2D eigenvalue weighted by Crippen LogP contribution is -2.43. The van der Waals surface area contributed by atoms with Gasteiger partial charge in [0.05, 0.1) is 11.1 Å². The molecule has 0 aliphatic heterocycles. The Hall–Kier alpha value is -1.75. The lowest BCUT2D eigenvalue weighted by molar-refractivity contribution is -0.0203. The van der Waals surface area contributed by atoms with Gasteiger partial charge in [-0.1, -0.05) is 12.1 Å². The highest BCUT2D eigenvalue weighted by Gasteiger charge is 2.34. The summed E-state index contributed by atoms with van der Waals surface area (Å²) in [5.41, 5.74) is 1.01. The zero-order valence-corrected chi connectivity index (χ0v) is 9.43. The van der Waals surface area contributed by atoms with Gasteiger partial charge in [-0.25, -0.2) is 4.98 Å². The van der Waals surface area contributed by atoms with Crippen LogP contribution in [-0.4, -0.2) is 32.4 Å². The molecule has 0 atom stereocenters. The predicted molar refractivity (Wildman–Crippen MR) is 64.6 cm³/mol. The monoisotopic (exact) mass is 230 g/mol. The highest BCUT2D eigenvalue weighted by atomic mass is 16.3. The molecule has 2 N–H and O–H groups in total. The van der Waals surface area contributed by atoms with Crippen molar-refractivity contribution in [1.82, 2.24) is 15.2 Å². The Labute approximate surface area is 98.9 Å². The molecule has 1 saturated carbocycles. The second-order valence-electron chi connectivity index (χ2n) is 4.56. The van der Waals surface area contributed by atoms with E-state index >= 15 is 0 Å². The van der Waals surface area contributed by atoms with Crippen LogP contribution in [0.4, 0.5) is 5.95 Å². The van der Waals surface area contributed by atoms with Gasteiger partial charge in [-0.3, -0.25) is 0 Å². The maximum atomic E-state index is 9.95. The molecule has 1 aromatic carbocycles. The summed E-state index contributed by atoms with van der Waals surface area (Å²) in [6.45, 7) is 0.493. The van der Waals surface area contributed by atoms with Gasteiger partial charge in [0, 0.05) is 6.54 Å². The van der Waals surface area contributed by atoms with Crippen LogP contribution in [-0.2, 0) is 0 Å². The second kappa shape index (κ2) is 3.92. The van der Waals surface area contributed by atoms with Crippen LogP contribution in [0, 0.1) is 0 Å². The zero-order chi connectivity index (χ0) is 11.7. The van der Waals surface area contributed by atoms with E-state index in [0.29, 0.717) is 12.5 Å². The first-order valence-electron chi connectivity index (χ1n) is 5.81. The molecule has 0 bridgehead atoms. The number of nitrogens with one attached hydrogen (secondary N) is 1. The molecule has 2 aromatic rings. The molecule has 1 fully saturated rings. The molecule has 17 heavy (non-hydrogen) atoms. The smallest absolute Gasteiger partial charge is 0.243 e. The van der Waals surface area contributed by atoms with Crippen molar-refractivity contribution < 1.29 is 5.11 Å². The quantitative estimate of drug-likeness (QED) is 0.832. The van der Waals surface area contributed by atoms with E-state index in [-0.39, 0.29) is 0 Å². The highest BCUT2D eigenvalue weighted by molar-refractivity contribution is 5.73. The van der Waals surface area contributed by atoms with E-state index in [4.69, 9.17) is 0 Å². The van der Waals surface area contributed by atoms with E-state index in [1.165, 1.54) is 0 Å². The topological polar surface area (TPSA) is 70.9 Å². The van der Waals surface area contributed by atoms with Crippen LogP contribution in [0.25, 0.3) is 11.0 Å². The zero-order valence-electron chi connectivity index (χ0n) is 9.43. The average Bonchev–Trinajstić information content (AvgIpc) is 2.34. The Bertz CT molecular complexity index is 539. The van der Waals surface area contributed by atoms with Crippen molar-refractivity contribution in [2.75, 3.05) is 11.9 Å². The summed E-state index contributed by atoms with van der Waals surface area (Å²) in [6, 6.07) is 7.59. The number of para-hydroxylation sites is 1. The van der Waals surface area contributed by atoms with Gasteiger partial charge in [0.1, 0.15) is 5.52 Å². The van der Waals surface area contributed by atoms with Crippen LogP contribution < -0.4 is 5.32 Å².